The van der Waals surface area contributed by atoms with Crippen LogP contribution in [0.1, 0.15) is 43.0 Å². The number of ether oxygens (including phenoxy) is 1. The van der Waals surface area contributed by atoms with Gasteiger partial charge in [0.2, 0.25) is 11.8 Å². The molecule has 0 radical (unpaired) electrons. The number of benzene rings is 1. The zero-order valence-electron chi connectivity index (χ0n) is 12.1. The van der Waals surface area contributed by atoms with E-state index in [9.17, 15) is 14.4 Å². The zero-order chi connectivity index (χ0) is 15.2. The second kappa shape index (κ2) is 7.02. The molecule has 0 spiro atoms. The first-order valence-corrected chi connectivity index (χ1v) is 7.15. The van der Waals surface area contributed by atoms with E-state index in [2.05, 4.69) is 0 Å². The van der Waals surface area contributed by atoms with Crippen molar-refractivity contribution in [2.75, 3.05) is 13.2 Å². The summed E-state index contributed by atoms with van der Waals surface area (Å²) >= 11 is 0. The van der Waals surface area contributed by atoms with Crippen molar-refractivity contribution >= 4 is 17.6 Å². The summed E-state index contributed by atoms with van der Waals surface area (Å²) in [5.74, 6) is 0.133. The van der Waals surface area contributed by atoms with Crippen molar-refractivity contribution in [2.24, 2.45) is 0 Å². The standard InChI is InChI=1S/C16H19NO4/c1-12(18)13-6-2-3-7-14(13)21-11-10-17-15(19)8-4-5-9-16(17)20/h2-3,6-7H,4-5,8-11H2,1H3. The van der Waals surface area contributed by atoms with E-state index in [-0.39, 0.29) is 30.7 Å². The fourth-order valence-corrected chi connectivity index (χ4v) is 2.34. The topological polar surface area (TPSA) is 63.7 Å². The van der Waals surface area contributed by atoms with E-state index in [1.807, 2.05) is 0 Å². The van der Waals surface area contributed by atoms with Gasteiger partial charge >= 0.3 is 0 Å². The first-order valence-electron chi connectivity index (χ1n) is 7.15. The smallest absolute Gasteiger partial charge is 0.229 e. The first-order chi connectivity index (χ1) is 10.1. The number of Topliss-reactive ketones (excluding diaryl/α,β-unsaturated/α-hetero) is 1. The molecule has 0 atom stereocenters. The van der Waals surface area contributed by atoms with Gasteiger partial charge in [-0.1, -0.05) is 12.1 Å². The van der Waals surface area contributed by atoms with Crippen LogP contribution < -0.4 is 4.74 Å². The summed E-state index contributed by atoms with van der Waals surface area (Å²) in [6.45, 7) is 1.90. The van der Waals surface area contributed by atoms with Crippen molar-refractivity contribution in [2.45, 2.75) is 32.6 Å². The third kappa shape index (κ3) is 3.90. The number of carbonyl (C=O) groups is 3. The van der Waals surface area contributed by atoms with Crippen LogP contribution in [-0.4, -0.2) is 35.6 Å². The maximum Gasteiger partial charge on any atom is 0.229 e. The summed E-state index contributed by atoms with van der Waals surface area (Å²) in [6, 6.07) is 6.96. The number of hydrogen-bond donors (Lipinski definition) is 0. The van der Waals surface area contributed by atoms with Crippen LogP contribution in [0.25, 0.3) is 0 Å². The number of likely N-dealkylation sites (tertiary alicyclic amines) is 1. The predicted octanol–water partition coefficient (Wildman–Crippen LogP) is 2.20. The van der Waals surface area contributed by atoms with Crippen molar-refractivity contribution in [3.05, 3.63) is 29.8 Å². The molecule has 21 heavy (non-hydrogen) atoms. The Hall–Kier alpha value is -2.17. The Bertz CT molecular complexity index is 535. The van der Waals surface area contributed by atoms with E-state index in [1.54, 1.807) is 24.3 Å². The van der Waals surface area contributed by atoms with E-state index < -0.39 is 0 Å². The van der Waals surface area contributed by atoms with Gasteiger partial charge in [-0.25, -0.2) is 0 Å². The molecule has 0 unspecified atom stereocenters. The number of hydrogen-bond acceptors (Lipinski definition) is 4. The van der Waals surface area contributed by atoms with Crippen LogP contribution in [0.15, 0.2) is 24.3 Å². The van der Waals surface area contributed by atoms with Crippen molar-refractivity contribution in [1.29, 1.82) is 0 Å². The highest BCUT2D eigenvalue weighted by Crippen LogP contribution is 2.18. The van der Waals surface area contributed by atoms with Gasteiger partial charge in [-0.3, -0.25) is 19.3 Å². The molecular weight excluding hydrogens is 270 g/mol. The largest absolute Gasteiger partial charge is 0.491 e. The number of imide groups is 1. The highest BCUT2D eigenvalue weighted by atomic mass is 16.5. The molecule has 1 saturated heterocycles. The van der Waals surface area contributed by atoms with Gasteiger partial charge in [-0.2, -0.15) is 0 Å². The van der Waals surface area contributed by atoms with Crippen LogP contribution >= 0.6 is 0 Å². The minimum atomic E-state index is -0.138. The summed E-state index contributed by atoms with van der Waals surface area (Å²) in [7, 11) is 0. The monoisotopic (exact) mass is 289 g/mol. The van der Waals surface area contributed by atoms with E-state index >= 15 is 0 Å². The Morgan fingerprint density at radius 1 is 1.14 bits per heavy atom. The number of amides is 2. The number of ketones is 1. The molecule has 0 saturated carbocycles. The first kappa shape index (κ1) is 15.2. The lowest BCUT2D eigenvalue weighted by Crippen LogP contribution is -2.38. The van der Waals surface area contributed by atoms with Gasteiger partial charge < -0.3 is 4.74 Å². The lowest BCUT2D eigenvalue weighted by molar-refractivity contribution is -0.144. The number of carbonyl (C=O) groups excluding carboxylic acids is 3. The molecule has 0 aromatic heterocycles. The molecule has 1 heterocycles. The van der Waals surface area contributed by atoms with Gasteiger partial charge in [0.1, 0.15) is 12.4 Å². The van der Waals surface area contributed by atoms with Crippen molar-refractivity contribution < 1.29 is 19.1 Å². The molecule has 112 valence electrons. The van der Waals surface area contributed by atoms with Crippen molar-refractivity contribution in [3.8, 4) is 5.75 Å². The average Bonchev–Trinajstić information content (AvgIpc) is 2.62. The molecule has 2 rings (SSSR count). The quantitative estimate of drug-likeness (QED) is 0.616. The molecule has 0 bridgehead atoms. The maximum atomic E-state index is 11.8. The van der Waals surface area contributed by atoms with Crippen LogP contribution in [0.4, 0.5) is 0 Å². The fourth-order valence-electron chi connectivity index (χ4n) is 2.34. The SMILES string of the molecule is CC(=O)c1ccccc1OCCN1C(=O)CCCCC1=O. The van der Waals surface area contributed by atoms with Crippen LogP contribution in [0.2, 0.25) is 0 Å². The molecule has 1 fully saturated rings. The van der Waals surface area contributed by atoms with Gasteiger partial charge in [0.25, 0.3) is 0 Å². The van der Waals surface area contributed by atoms with Gasteiger partial charge in [-0.05, 0) is 31.9 Å². The molecule has 5 heteroatoms. The average molecular weight is 289 g/mol. The number of para-hydroxylation sites is 1. The second-order valence-electron chi connectivity index (χ2n) is 5.05. The Kier molecular flexibility index (Phi) is 5.09. The summed E-state index contributed by atoms with van der Waals surface area (Å²) in [6.07, 6.45) is 2.34. The van der Waals surface area contributed by atoms with Crippen LogP contribution in [0, 0.1) is 0 Å². The van der Waals surface area contributed by atoms with Gasteiger partial charge in [0, 0.05) is 12.8 Å². The minimum absolute atomic E-state index is 0.0764. The van der Waals surface area contributed by atoms with Crippen molar-refractivity contribution in [3.63, 3.8) is 0 Å². The molecule has 5 nitrogen and oxygen atoms in total. The number of rotatable bonds is 5. The van der Waals surface area contributed by atoms with Crippen molar-refractivity contribution in [1.82, 2.24) is 4.90 Å². The van der Waals surface area contributed by atoms with Gasteiger partial charge in [-0.15, -0.1) is 0 Å². The van der Waals surface area contributed by atoms with Gasteiger partial charge in [0.05, 0.1) is 12.1 Å². The van der Waals surface area contributed by atoms with Crippen LogP contribution in [0.5, 0.6) is 5.75 Å². The summed E-state index contributed by atoms with van der Waals surface area (Å²) in [5.41, 5.74) is 0.506. The highest BCUT2D eigenvalue weighted by molar-refractivity contribution is 5.97. The Morgan fingerprint density at radius 3 is 2.38 bits per heavy atom. The maximum absolute atomic E-state index is 11.8. The lowest BCUT2D eigenvalue weighted by Gasteiger charge is -2.19. The van der Waals surface area contributed by atoms with E-state index in [0.29, 0.717) is 24.2 Å². The molecule has 0 aliphatic carbocycles. The number of nitrogens with zero attached hydrogens (tertiary/aromatic N) is 1. The van der Waals surface area contributed by atoms with Gasteiger partial charge in [0.15, 0.2) is 5.78 Å². The van der Waals surface area contributed by atoms with E-state index in [0.717, 1.165) is 12.8 Å². The Morgan fingerprint density at radius 2 is 1.76 bits per heavy atom. The molecule has 1 aromatic carbocycles. The molecule has 2 amide bonds. The van der Waals surface area contributed by atoms with E-state index in [4.69, 9.17) is 4.74 Å². The predicted molar refractivity (Wildman–Crippen MR) is 77.1 cm³/mol. The normalized spacial score (nSPS) is 15.8. The lowest BCUT2D eigenvalue weighted by atomic mass is 10.1. The fraction of sp³-hybridized carbons (Fsp3) is 0.438. The minimum Gasteiger partial charge on any atom is -0.491 e. The molecule has 0 N–H and O–H groups in total. The molecule has 1 aliphatic heterocycles. The Balaban J connectivity index is 1.96. The Labute approximate surface area is 123 Å². The third-order valence-corrected chi connectivity index (χ3v) is 3.47. The summed E-state index contributed by atoms with van der Waals surface area (Å²) in [4.78, 5) is 36.4. The zero-order valence-corrected chi connectivity index (χ0v) is 12.1. The second-order valence-corrected chi connectivity index (χ2v) is 5.05. The molecular formula is C16H19NO4. The van der Waals surface area contributed by atoms with E-state index in [1.165, 1.54) is 11.8 Å². The molecule has 1 aliphatic rings. The van der Waals surface area contributed by atoms with Crippen LogP contribution in [0.3, 0.4) is 0 Å². The molecule has 1 aromatic rings. The van der Waals surface area contributed by atoms with Crippen LogP contribution in [-0.2, 0) is 9.59 Å². The summed E-state index contributed by atoms with van der Waals surface area (Å²) in [5, 5.41) is 0. The summed E-state index contributed by atoms with van der Waals surface area (Å²) < 4.78 is 5.57. The highest BCUT2D eigenvalue weighted by Gasteiger charge is 2.23. The third-order valence-electron chi connectivity index (χ3n) is 3.47.